The maximum atomic E-state index is 8.42. The fraction of sp³-hybridized carbons (Fsp3) is 0. The second-order valence-corrected chi connectivity index (χ2v) is 0.289. The zero-order chi connectivity index (χ0) is 3.58. The van der Waals surface area contributed by atoms with Crippen molar-refractivity contribution in [2.75, 3.05) is 0 Å². The summed E-state index contributed by atoms with van der Waals surface area (Å²) < 4.78 is 0. The summed E-state index contributed by atoms with van der Waals surface area (Å²) in [4.78, 5) is 0. The van der Waals surface area contributed by atoms with Crippen molar-refractivity contribution in [1.82, 2.24) is 0 Å². The van der Waals surface area contributed by atoms with Crippen molar-refractivity contribution in [2.45, 2.75) is 0 Å². The van der Waals surface area contributed by atoms with Crippen LogP contribution in [0, 0.1) is 0 Å². The molecule has 0 aromatic rings. The van der Waals surface area contributed by atoms with Crippen LogP contribution in [0.25, 0.3) is 0 Å². The Labute approximate surface area is 57.2 Å². The van der Waals surface area contributed by atoms with Crippen molar-refractivity contribution in [3.8, 4) is 0 Å². The fourth-order valence-corrected chi connectivity index (χ4v) is 0. The average molecular weight is 142 g/mol. The minimum absolute atomic E-state index is 0. The van der Waals surface area contributed by atoms with Gasteiger partial charge in [-0.2, -0.15) is 0 Å². The minimum atomic E-state index is -2.92. The van der Waals surface area contributed by atoms with Gasteiger partial charge in [-0.3, -0.25) is 7.32 Å². The molecule has 0 N–H and O–H groups in total. The first-order valence-corrected chi connectivity index (χ1v) is 0.707. The SMILES string of the molecule is [Al+3].[Fe+2].[O-]B([O-])[O-]. The Kier molecular flexibility index (Phi) is 24.6. The molecule has 0 aliphatic rings. The van der Waals surface area contributed by atoms with Gasteiger partial charge >= 0.3 is 34.4 Å². The molecule has 0 radical (unpaired) electrons. The molecule has 0 atom stereocenters. The van der Waals surface area contributed by atoms with Gasteiger partial charge in [0, 0.05) is 0 Å². The second-order valence-electron chi connectivity index (χ2n) is 0.289. The van der Waals surface area contributed by atoms with Gasteiger partial charge < -0.3 is 15.1 Å². The first-order chi connectivity index (χ1) is 1.73. The van der Waals surface area contributed by atoms with Crippen molar-refractivity contribution in [3.63, 3.8) is 0 Å². The molecule has 0 bridgehead atoms. The van der Waals surface area contributed by atoms with Crippen LogP contribution in [0.15, 0.2) is 0 Å². The third-order valence-corrected chi connectivity index (χ3v) is 0. The Balaban J connectivity index is -0.0000000450. The van der Waals surface area contributed by atoms with Gasteiger partial charge in [0.05, 0.1) is 0 Å². The van der Waals surface area contributed by atoms with E-state index in [0.29, 0.717) is 0 Å². The molecule has 0 saturated heterocycles. The molecular weight excluding hydrogens is 142 g/mol. The van der Waals surface area contributed by atoms with E-state index in [-0.39, 0.29) is 34.4 Å². The molecule has 0 rings (SSSR count). The molecule has 0 aromatic carbocycles. The third-order valence-electron chi connectivity index (χ3n) is 0. The molecule has 0 fully saturated rings. The summed E-state index contributed by atoms with van der Waals surface area (Å²) >= 11 is 0. The van der Waals surface area contributed by atoms with Gasteiger partial charge in [-0.15, -0.1) is 0 Å². The summed E-state index contributed by atoms with van der Waals surface area (Å²) in [6.07, 6.45) is 0. The first-order valence-electron chi connectivity index (χ1n) is 0.707. The largest absolute Gasteiger partial charge is 3.00 e. The zero-order valence-corrected chi connectivity index (χ0v) is 4.99. The molecule has 0 amide bonds. The zero-order valence-electron chi connectivity index (χ0n) is 2.73. The van der Waals surface area contributed by atoms with E-state index in [9.17, 15) is 0 Å². The molecule has 0 aliphatic carbocycles. The summed E-state index contributed by atoms with van der Waals surface area (Å²) in [5.74, 6) is 0. The van der Waals surface area contributed by atoms with E-state index in [2.05, 4.69) is 0 Å². The monoisotopic (exact) mass is 142 g/mol. The van der Waals surface area contributed by atoms with Crippen LogP contribution in [-0.2, 0) is 17.1 Å². The van der Waals surface area contributed by atoms with Crippen molar-refractivity contribution in [2.24, 2.45) is 0 Å². The molecule has 6 heavy (non-hydrogen) atoms. The molecule has 0 aromatic heterocycles. The Morgan fingerprint density at radius 1 is 1.00 bits per heavy atom. The van der Waals surface area contributed by atoms with E-state index in [1.165, 1.54) is 0 Å². The average Bonchev–Trinajstić information content (AvgIpc) is 0.811. The molecule has 0 heterocycles. The molecule has 0 aliphatic heterocycles. The number of rotatable bonds is 0. The summed E-state index contributed by atoms with van der Waals surface area (Å²) in [6, 6.07) is 0. The predicted octanol–water partition coefficient (Wildman–Crippen LogP) is -4.33. The predicted molar refractivity (Wildman–Crippen MR) is 11.5 cm³/mol. The Morgan fingerprint density at radius 2 is 1.00 bits per heavy atom. The topological polar surface area (TPSA) is 69.2 Å². The van der Waals surface area contributed by atoms with Gasteiger partial charge in [-0.1, -0.05) is 0 Å². The van der Waals surface area contributed by atoms with E-state index < -0.39 is 7.32 Å². The molecule has 3 nitrogen and oxygen atoms in total. The quantitative estimate of drug-likeness (QED) is 0.321. The second kappa shape index (κ2) is 9.37. The molecule has 6 heteroatoms. The number of hydrogen-bond acceptors (Lipinski definition) is 3. The van der Waals surface area contributed by atoms with Gasteiger partial charge in [0.2, 0.25) is 0 Å². The van der Waals surface area contributed by atoms with Crippen LogP contribution < -0.4 is 15.1 Å². The summed E-state index contributed by atoms with van der Waals surface area (Å²) in [7, 11) is -2.92. The van der Waals surface area contributed by atoms with E-state index in [1.807, 2.05) is 0 Å². The molecule has 30 valence electrons. The fourth-order valence-electron chi connectivity index (χ4n) is 0. The van der Waals surface area contributed by atoms with Gasteiger partial charge in [0.25, 0.3) is 0 Å². The van der Waals surface area contributed by atoms with Crippen molar-refractivity contribution >= 4 is 24.7 Å². The van der Waals surface area contributed by atoms with Crippen molar-refractivity contribution in [1.29, 1.82) is 0 Å². The van der Waals surface area contributed by atoms with E-state index in [0.717, 1.165) is 0 Å². The number of hydrogen-bond donors (Lipinski definition) is 0. The van der Waals surface area contributed by atoms with Crippen LogP contribution >= 0.6 is 0 Å². The van der Waals surface area contributed by atoms with Crippen LogP contribution in [0.4, 0.5) is 0 Å². The Hall–Kier alpha value is 0.997. The van der Waals surface area contributed by atoms with Crippen LogP contribution in [0.2, 0.25) is 0 Å². The first kappa shape index (κ1) is 15.8. The van der Waals surface area contributed by atoms with E-state index in [4.69, 9.17) is 15.1 Å². The van der Waals surface area contributed by atoms with Crippen LogP contribution in [0.5, 0.6) is 0 Å². The minimum Gasteiger partial charge on any atom is -0.907 e. The normalized spacial score (nSPS) is 4.50. The van der Waals surface area contributed by atoms with Crippen LogP contribution in [0.3, 0.4) is 0 Å². The standard InChI is InChI=1S/Al.BO3.Fe/c;2-1(3)4;/q+3;-3;+2. The van der Waals surface area contributed by atoms with Gasteiger partial charge in [0.1, 0.15) is 0 Å². The molecule has 0 saturated carbocycles. The summed E-state index contributed by atoms with van der Waals surface area (Å²) in [6.45, 7) is 0. The smallest absolute Gasteiger partial charge is 0.907 e. The third kappa shape index (κ3) is 80.3. The molecule has 0 spiro atoms. The van der Waals surface area contributed by atoms with Crippen LogP contribution in [0.1, 0.15) is 0 Å². The van der Waals surface area contributed by atoms with Gasteiger partial charge in [0.15, 0.2) is 0 Å². The summed E-state index contributed by atoms with van der Waals surface area (Å²) in [5.41, 5.74) is 0. The van der Waals surface area contributed by atoms with E-state index >= 15 is 0 Å². The Morgan fingerprint density at radius 3 is 1.00 bits per heavy atom. The molecule has 0 unspecified atom stereocenters. The van der Waals surface area contributed by atoms with Crippen molar-refractivity contribution in [3.05, 3.63) is 0 Å². The van der Waals surface area contributed by atoms with Crippen molar-refractivity contribution < 1.29 is 32.1 Å². The maximum Gasteiger partial charge on any atom is 3.00 e. The van der Waals surface area contributed by atoms with Gasteiger partial charge in [-0.05, 0) is 0 Å². The van der Waals surface area contributed by atoms with Gasteiger partial charge in [-0.25, -0.2) is 0 Å². The Bertz CT molecular complexity index is 15.5. The van der Waals surface area contributed by atoms with E-state index in [1.54, 1.807) is 0 Å². The van der Waals surface area contributed by atoms with Crippen LogP contribution in [-0.4, -0.2) is 24.7 Å². The molecular formula is AlBFeO3+2. The maximum absolute atomic E-state index is 8.42. The summed E-state index contributed by atoms with van der Waals surface area (Å²) in [5, 5.41) is 25.2.